The van der Waals surface area contributed by atoms with Crippen molar-refractivity contribution in [2.45, 2.75) is 51.7 Å². The van der Waals surface area contributed by atoms with E-state index < -0.39 is 15.6 Å². The third-order valence-corrected chi connectivity index (χ3v) is 7.52. The van der Waals surface area contributed by atoms with E-state index in [0.29, 0.717) is 17.5 Å². The lowest BCUT2D eigenvalue weighted by molar-refractivity contribution is -0.127. The second-order valence-electron chi connectivity index (χ2n) is 8.07. The lowest BCUT2D eigenvalue weighted by atomic mass is 9.79. The van der Waals surface area contributed by atoms with Crippen LogP contribution in [-0.2, 0) is 33.2 Å². The number of rotatable bonds is 6. The number of nitrogens with zero attached hydrogens (tertiary/aromatic N) is 2. The van der Waals surface area contributed by atoms with E-state index in [1.807, 2.05) is 0 Å². The maximum Gasteiger partial charge on any atom is 0.237 e. The van der Waals surface area contributed by atoms with E-state index in [1.165, 1.54) is 16.2 Å². The van der Waals surface area contributed by atoms with E-state index in [9.17, 15) is 13.2 Å². The molecule has 1 aromatic heterocycles. The van der Waals surface area contributed by atoms with Crippen LogP contribution in [0.4, 0.5) is 0 Å². The first kappa shape index (κ1) is 17.9. The highest BCUT2D eigenvalue weighted by Crippen LogP contribution is 2.37. The fourth-order valence-electron chi connectivity index (χ4n) is 3.14. The summed E-state index contributed by atoms with van der Waals surface area (Å²) in [7, 11) is -1.77. The number of carbonyl (C=O) groups excluding carboxylic acids is 1. The van der Waals surface area contributed by atoms with Crippen LogP contribution in [-0.4, -0.2) is 43.6 Å². The molecule has 1 amide bonds. The fraction of sp³-hybridized carbons (Fsp3) is 0.765. The third-order valence-electron chi connectivity index (χ3n) is 4.84. The van der Waals surface area contributed by atoms with Gasteiger partial charge in [-0.3, -0.25) is 4.79 Å². The Bertz CT molecular complexity index is 733. The predicted octanol–water partition coefficient (Wildman–Crippen LogP) is 2.44. The van der Waals surface area contributed by atoms with Crippen molar-refractivity contribution >= 4 is 27.1 Å². The largest absolute Gasteiger partial charge is 0.345 e. The van der Waals surface area contributed by atoms with Crippen LogP contribution in [0.15, 0.2) is 0 Å². The van der Waals surface area contributed by atoms with Gasteiger partial charge in [0.2, 0.25) is 5.91 Å². The normalized spacial score (nSPS) is 19.8. The lowest BCUT2D eigenvalue weighted by Gasteiger charge is -2.28. The number of carbonyl (C=O) groups is 1. The van der Waals surface area contributed by atoms with Crippen LogP contribution in [0.25, 0.3) is 0 Å². The molecule has 3 rings (SSSR count). The molecular formula is C17H26N2O3S2. The Hall–Kier alpha value is -0.950. The minimum absolute atomic E-state index is 0.117. The van der Waals surface area contributed by atoms with Gasteiger partial charge in [-0.15, -0.1) is 11.3 Å². The zero-order valence-electron chi connectivity index (χ0n) is 14.7. The molecule has 0 aliphatic heterocycles. The van der Waals surface area contributed by atoms with Crippen LogP contribution in [0.3, 0.4) is 0 Å². The summed E-state index contributed by atoms with van der Waals surface area (Å²) in [4.78, 5) is 19.4. The SMILES string of the molecule is CN(CC1CC1)C(=O)CS(=O)(=O)Cc1nc2c(s1)CC(C)(C)CC2. The molecule has 0 unspecified atom stereocenters. The summed E-state index contributed by atoms with van der Waals surface area (Å²) in [6.07, 6.45) is 5.25. The van der Waals surface area contributed by atoms with E-state index >= 15 is 0 Å². The molecule has 0 atom stereocenters. The van der Waals surface area contributed by atoms with Gasteiger partial charge in [0.05, 0.1) is 5.69 Å². The molecule has 2 aliphatic carbocycles. The first-order valence-electron chi connectivity index (χ1n) is 8.55. The maximum absolute atomic E-state index is 12.4. The summed E-state index contributed by atoms with van der Waals surface area (Å²) in [5.41, 5.74) is 1.32. The number of sulfone groups is 1. The van der Waals surface area contributed by atoms with Crippen molar-refractivity contribution in [1.29, 1.82) is 0 Å². The molecule has 1 aromatic rings. The first-order valence-corrected chi connectivity index (χ1v) is 11.2. The van der Waals surface area contributed by atoms with Gasteiger partial charge in [-0.25, -0.2) is 13.4 Å². The summed E-state index contributed by atoms with van der Waals surface area (Å²) in [6.45, 7) is 5.15. The Labute approximate surface area is 148 Å². The number of aryl methyl sites for hydroxylation is 1. The highest BCUT2D eigenvalue weighted by atomic mass is 32.2. The first-order chi connectivity index (χ1) is 11.1. The van der Waals surface area contributed by atoms with E-state index in [0.717, 1.165) is 37.8 Å². The molecule has 7 heteroatoms. The molecule has 1 saturated carbocycles. The molecule has 24 heavy (non-hydrogen) atoms. The Morgan fingerprint density at radius 3 is 2.75 bits per heavy atom. The Kier molecular flexibility index (Phi) is 4.77. The zero-order valence-corrected chi connectivity index (χ0v) is 16.3. The fourth-order valence-corrected chi connectivity index (χ4v) is 6.22. The highest BCUT2D eigenvalue weighted by molar-refractivity contribution is 7.91. The van der Waals surface area contributed by atoms with Gasteiger partial charge in [-0.05, 0) is 43.4 Å². The Morgan fingerprint density at radius 1 is 1.38 bits per heavy atom. The number of thiazole rings is 1. The molecule has 1 heterocycles. The second kappa shape index (κ2) is 6.41. The average Bonchev–Trinajstić information content (AvgIpc) is 3.16. The maximum atomic E-state index is 12.4. The molecular weight excluding hydrogens is 344 g/mol. The van der Waals surface area contributed by atoms with Gasteiger partial charge in [0.15, 0.2) is 9.84 Å². The van der Waals surface area contributed by atoms with Gasteiger partial charge in [-0.1, -0.05) is 13.8 Å². The van der Waals surface area contributed by atoms with E-state index in [1.54, 1.807) is 11.9 Å². The van der Waals surface area contributed by atoms with Crippen molar-refractivity contribution in [2.24, 2.45) is 11.3 Å². The van der Waals surface area contributed by atoms with Crippen molar-refractivity contribution in [1.82, 2.24) is 9.88 Å². The Morgan fingerprint density at radius 2 is 2.08 bits per heavy atom. The molecule has 5 nitrogen and oxygen atoms in total. The molecule has 134 valence electrons. The molecule has 0 N–H and O–H groups in total. The number of hydrogen-bond donors (Lipinski definition) is 0. The molecule has 2 aliphatic rings. The predicted molar refractivity (Wildman–Crippen MR) is 95.8 cm³/mol. The Balaban J connectivity index is 1.62. The summed E-state index contributed by atoms with van der Waals surface area (Å²) < 4.78 is 24.8. The quantitative estimate of drug-likeness (QED) is 0.771. The summed E-state index contributed by atoms with van der Waals surface area (Å²) in [5.74, 6) is -0.264. The van der Waals surface area contributed by atoms with Crippen molar-refractivity contribution in [2.75, 3.05) is 19.3 Å². The molecule has 1 fully saturated rings. The van der Waals surface area contributed by atoms with Gasteiger partial charge >= 0.3 is 0 Å². The lowest BCUT2D eigenvalue weighted by Crippen LogP contribution is -2.34. The molecule has 0 spiro atoms. The van der Waals surface area contributed by atoms with Gasteiger partial charge in [0.25, 0.3) is 0 Å². The smallest absolute Gasteiger partial charge is 0.237 e. The van der Waals surface area contributed by atoms with Crippen LogP contribution in [0.2, 0.25) is 0 Å². The van der Waals surface area contributed by atoms with Crippen molar-refractivity contribution in [3.63, 3.8) is 0 Å². The highest BCUT2D eigenvalue weighted by Gasteiger charge is 2.30. The topological polar surface area (TPSA) is 67.3 Å². The van der Waals surface area contributed by atoms with Crippen LogP contribution in [0.1, 0.15) is 48.7 Å². The van der Waals surface area contributed by atoms with E-state index in [-0.39, 0.29) is 17.1 Å². The second-order valence-corrected chi connectivity index (χ2v) is 11.3. The van der Waals surface area contributed by atoms with Gasteiger partial charge < -0.3 is 4.90 Å². The van der Waals surface area contributed by atoms with Crippen LogP contribution >= 0.6 is 11.3 Å². The number of amides is 1. The van der Waals surface area contributed by atoms with E-state index in [4.69, 9.17) is 0 Å². The minimum atomic E-state index is -3.47. The average molecular weight is 371 g/mol. The number of hydrogen-bond acceptors (Lipinski definition) is 5. The summed E-state index contributed by atoms with van der Waals surface area (Å²) >= 11 is 1.51. The summed E-state index contributed by atoms with van der Waals surface area (Å²) in [5, 5.41) is 0.635. The van der Waals surface area contributed by atoms with Crippen LogP contribution < -0.4 is 0 Å². The molecule has 0 aromatic carbocycles. The van der Waals surface area contributed by atoms with Crippen molar-refractivity contribution in [3.05, 3.63) is 15.6 Å². The zero-order chi connectivity index (χ0) is 17.5. The van der Waals surface area contributed by atoms with Crippen molar-refractivity contribution < 1.29 is 13.2 Å². The van der Waals surface area contributed by atoms with E-state index in [2.05, 4.69) is 18.8 Å². The summed E-state index contributed by atoms with van der Waals surface area (Å²) in [6, 6.07) is 0. The minimum Gasteiger partial charge on any atom is -0.345 e. The standard InChI is InChI=1S/C17H26N2O3S2/c1-17(2)7-6-13-14(8-17)23-15(18-13)10-24(21,22)11-16(20)19(3)9-12-4-5-12/h12H,4-11H2,1-3H3. The third kappa shape index (κ3) is 4.57. The van der Waals surface area contributed by atoms with Gasteiger partial charge in [0.1, 0.15) is 16.5 Å². The monoisotopic (exact) mass is 370 g/mol. The van der Waals surface area contributed by atoms with Crippen LogP contribution in [0.5, 0.6) is 0 Å². The van der Waals surface area contributed by atoms with Gasteiger partial charge in [0, 0.05) is 18.5 Å². The molecule has 0 saturated heterocycles. The van der Waals surface area contributed by atoms with Crippen molar-refractivity contribution in [3.8, 4) is 0 Å². The number of fused-ring (bicyclic) bond motifs is 1. The van der Waals surface area contributed by atoms with Crippen LogP contribution in [0, 0.1) is 11.3 Å². The molecule has 0 bridgehead atoms. The molecule has 0 radical (unpaired) electrons. The van der Waals surface area contributed by atoms with Gasteiger partial charge in [-0.2, -0.15) is 0 Å². The number of aromatic nitrogens is 1.